The number of halogens is 1. The van der Waals surface area contributed by atoms with Crippen molar-refractivity contribution in [3.8, 4) is 17.3 Å². The Balaban J connectivity index is 2.54. The van der Waals surface area contributed by atoms with Gasteiger partial charge < -0.3 is 4.55 Å². The highest BCUT2D eigenvalue weighted by Crippen LogP contribution is 2.24. The number of nitrogens with zero attached hydrogens (tertiary/aromatic N) is 2. The van der Waals surface area contributed by atoms with Crippen LogP contribution in [0.2, 0.25) is 0 Å². The predicted octanol–water partition coefficient (Wildman–Crippen LogP) is 2.65. The minimum atomic E-state index is -2.05. The Morgan fingerprint density at radius 2 is 2.11 bits per heavy atom. The van der Waals surface area contributed by atoms with Crippen LogP contribution in [0.1, 0.15) is 11.3 Å². The lowest BCUT2D eigenvalue weighted by molar-refractivity contribution is 0.564. The molecule has 0 saturated heterocycles. The van der Waals surface area contributed by atoms with Crippen LogP contribution < -0.4 is 0 Å². The lowest BCUT2D eigenvalue weighted by Gasteiger charge is -2.07. The van der Waals surface area contributed by atoms with Gasteiger partial charge in [0.25, 0.3) is 0 Å². The van der Waals surface area contributed by atoms with Crippen molar-refractivity contribution >= 4 is 11.1 Å². The molecule has 6 heteroatoms. The molecule has 2 aromatic rings. The smallest absolute Gasteiger partial charge is 0.186 e. The fourth-order valence-electron chi connectivity index (χ4n) is 1.70. The van der Waals surface area contributed by atoms with E-state index < -0.39 is 16.9 Å². The minimum Gasteiger partial charge on any atom is -0.302 e. The SMILES string of the molecule is Cc1cc(S(=O)O)ccc1-c1ccc(F)c(C#N)n1. The Morgan fingerprint density at radius 3 is 2.68 bits per heavy atom. The van der Waals surface area contributed by atoms with Gasteiger partial charge in [0.1, 0.15) is 6.07 Å². The fraction of sp³-hybridized carbons (Fsp3) is 0.0769. The van der Waals surface area contributed by atoms with Crippen molar-refractivity contribution in [3.63, 3.8) is 0 Å². The molecule has 1 unspecified atom stereocenters. The van der Waals surface area contributed by atoms with E-state index in [1.807, 2.05) is 0 Å². The van der Waals surface area contributed by atoms with Gasteiger partial charge in [-0.2, -0.15) is 5.26 Å². The number of benzene rings is 1. The van der Waals surface area contributed by atoms with Gasteiger partial charge in [0, 0.05) is 5.56 Å². The van der Waals surface area contributed by atoms with Crippen LogP contribution in [-0.4, -0.2) is 13.7 Å². The second-order valence-electron chi connectivity index (χ2n) is 3.86. The molecule has 0 fully saturated rings. The maximum absolute atomic E-state index is 13.2. The van der Waals surface area contributed by atoms with E-state index >= 15 is 0 Å². The highest BCUT2D eigenvalue weighted by atomic mass is 32.2. The number of aromatic nitrogens is 1. The Hall–Kier alpha value is -2.10. The van der Waals surface area contributed by atoms with Crippen molar-refractivity contribution in [2.24, 2.45) is 0 Å². The van der Waals surface area contributed by atoms with E-state index in [1.54, 1.807) is 25.1 Å². The van der Waals surface area contributed by atoms with Crippen molar-refractivity contribution in [3.05, 3.63) is 47.4 Å². The number of nitriles is 1. The van der Waals surface area contributed by atoms with Crippen molar-refractivity contribution in [2.45, 2.75) is 11.8 Å². The summed E-state index contributed by atoms with van der Waals surface area (Å²) in [4.78, 5) is 4.20. The zero-order valence-corrected chi connectivity index (χ0v) is 10.7. The number of hydrogen-bond acceptors (Lipinski definition) is 3. The molecule has 0 bridgehead atoms. The lowest BCUT2D eigenvalue weighted by atomic mass is 10.1. The van der Waals surface area contributed by atoms with Crippen LogP contribution in [0.15, 0.2) is 35.2 Å². The van der Waals surface area contributed by atoms with Gasteiger partial charge in [-0.05, 0) is 36.8 Å². The van der Waals surface area contributed by atoms with E-state index in [1.165, 1.54) is 18.2 Å². The van der Waals surface area contributed by atoms with Crippen LogP contribution in [-0.2, 0) is 11.1 Å². The molecule has 96 valence electrons. The zero-order chi connectivity index (χ0) is 14.0. The molecule has 0 spiro atoms. The lowest BCUT2D eigenvalue weighted by Crippen LogP contribution is -1.95. The molecular formula is C13H9FN2O2S. The second kappa shape index (κ2) is 5.26. The van der Waals surface area contributed by atoms with Crippen LogP contribution in [0.4, 0.5) is 4.39 Å². The summed E-state index contributed by atoms with van der Waals surface area (Å²) in [7, 11) is 0. The average molecular weight is 276 g/mol. The number of hydrogen-bond donors (Lipinski definition) is 1. The van der Waals surface area contributed by atoms with Gasteiger partial charge in [0.2, 0.25) is 0 Å². The molecule has 2 rings (SSSR count). The monoisotopic (exact) mass is 276 g/mol. The maximum Gasteiger partial charge on any atom is 0.186 e. The van der Waals surface area contributed by atoms with Gasteiger partial charge in [-0.15, -0.1) is 0 Å². The van der Waals surface area contributed by atoms with E-state index in [0.717, 1.165) is 5.56 Å². The zero-order valence-electron chi connectivity index (χ0n) is 9.92. The third-order valence-corrected chi connectivity index (χ3v) is 3.28. The molecule has 0 aliphatic heterocycles. The van der Waals surface area contributed by atoms with Crippen molar-refractivity contribution in [2.75, 3.05) is 0 Å². The van der Waals surface area contributed by atoms with Gasteiger partial charge in [-0.1, -0.05) is 6.07 Å². The molecule has 4 nitrogen and oxygen atoms in total. The third kappa shape index (κ3) is 2.67. The van der Waals surface area contributed by atoms with E-state index in [4.69, 9.17) is 9.81 Å². The molecule has 0 aliphatic rings. The van der Waals surface area contributed by atoms with E-state index in [0.29, 0.717) is 11.3 Å². The first-order valence-corrected chi connectivity index (χ1v) is 6.42. The summed E-state index contributed by atoms with van der Waals surface area (Å²) >= 11 is -2.05. The first-order valence-electron chi connectivity index (χ1n) is 5.31. The highest BCUT2D eigenvalue weighted by molar-refractivity contribution is 7.79. The average Bonchev–Trinajstić information content (AvgIpc) is 2.39. The van der Waals surface area contributed by atoms with Crippen LogP contribution in [0.25, 0.3) is 11.3 Å². The molecule has 0 radical (unpaired) electrons. The van der Waals surface area contributed by atoms with Gasteiger partial charge in [-0.3, -0.25) is 0 Å². The van der Waals surface area contributed by atoms with Crippen molar-refractivity contribution in [1.82, 2.24) is 4.98 Å². The van der Waals surface area contributed by atoms with E-state index in [9.17, 15) is 8.60 Å². The molecular weight excluding hydrogens is 267 g/mol. The summed E-state index contributed by atoms with van der Waals surface area (Å²) < 4.78 is 33.1. The molecule has 0 amide bonds. The Kier molecular flexibility index (Phi) is 3.69. The highest BCUT2D eigenvalue weighted by Gasteiger charge is 2.10. The maximum atomic E-state index is 13.2. The Morgan fingerprint density at radius 1 is 1.37 bits per heavy atom. The molecule has 0 saturated carbocycles. The van der Waals surface area contributed by atoms with Crippen LogP contribution >= 0.6 is 0 Å². The summed E-state index contributed by atoms with van der Waals surface area (Å²) in [6.45, 7) is 1.75. The summed E-state index contributed by atoms with van der Waals surface area (Å²) in [6.07, 6.45) is 0. The predicted molar refractivity (Wildman–Crippen MR) is 68.1 cm³/mol. The Bertz CT molecular complexity index is 710. The summed E-state index contributed by atoms with van der Waals surface area (Å²) in [5.74, 6) is -0.669. The summed E-state index contributed by atoms with van der Waals surface area (Å²) in [5, 5.41) is 8.75. The molecule has 1 aromatic heterocycles. The number of pyridine rings is 1. The molecule has 1 atom stereocenters. The van der Waals surface area contributed by atoms with Crippen molar-refractivity contribution < 1.29 is 13.2 Å². The normalized spacial score (nSPS) is 11.9. The number of aryl methyl sites for hydroxylation is 1. The Labute approximate surface area is 111 Å². The molecule has 1 aromatic carbocycles. The molecule has 1 N–H and O–H groups in total. The summed E-state index contributed by atoms with van der Waals surface area (Å²) in [6, 6.07) is 9.00. The van der Waals surface area contributed by atoms with Crippen LogP contribution in [0, 0.1) is 24.1 Å². The van der Waals surface area contributed by atoms with Gasteiger partial charge >= 0.3 is 0 Å². The first-order chi connectivity index (χ1) is 9.02. The topological polar surface area (TPSA) is 74.0 Å². The van der Waals surface area contributed by atoms with Gasteiger partial charge in [0.05, 0.1) is 10.6 Å². The molecule has 0 aliphatic carbocycles. The largest absolute Gasteiger partial charge is 0.302 e. The van der Waals surface area contributed by atoms with E-state index in [-0.39, 0.29) is 10.6 Å². The molecule has 1 heterocycles. The van der Waals surface area contributed by atoms with Crippen LogP contribution in [0.3, 0.4) is 0 Å². The third-order valence-electron chi connectivity index (χ3n) is 2.63. The standard InChI is InChI=1S/C13H9FN2O2S/c1-8-6-9(19(17)18)2-3-10(8)12-5-4-11(14)13(7-15)16-12/h2-6H,1H3,(H,17,18). The molecule has 19 heavy (non-hydrogen) atoms. The fourth-order valence-corrected chi connectivity index (χ4v) is 2.16. The summed E-state index contributed by atoms with van der Waals surface area (Å²) in [5.41, 5.74) is 1.59. The number of rotatable bonds is 2. The minimum absolute atomic E-state index is 0.272. The first kappa shape index (κ1) is 13.3. The van der Waals surface area contributed by atoms with Gasteiger partial charge in [0.15, 0.2) is 22.6 Å². The van der Waals surface area contributed by atoms with E-state index in [2.05, 4.69) is 4.98 Å². The quantitative estimate of drug-likeness (QED) is 0.856. The van der Waals surface area contributed by atoms with Crippen molar-refractivity contribution in [1.29, 1.82) is 5.26 Å². The van der Waals surface area contributed by atoms with Crippen LogP contribution in [0.5, 0.6) is 0 Å². The van der Waals surface area contributed by atoms with Gasteiger partial charge in [-0.25, -0.2) is 13.6 Å². The second-order valence-corrected chi connectivity index (χ2v) is 4.83.